The minimum absolute atomic E-state index is 0.166. The highest BCUT2D eigenvalue weighted by Crippen LogP contribution is 2.23. The maximum atomic E-state index is 12.9. The molecule has 9 nitrogen and oxygen atoms in total. The Kier molecular flexibility index (Phi) is 31.5. The van der Waals surface area contributed by atoms with Crippen LogP contribution in [0.25, 0.3) is 0 Å². The van der Waals surface area contributed by atoms with E-state index in [4.69, 9.17) is 9.47 Å². The maximum absolute atomic E-state index is 12.9. The van der Waals surface area contributed by atoms with E-state index in [1.807, 2.05) is 6.08 Å². The third kappa shape index (κ3) is 24.8. The zero-order chi connectivity index (χ0) is 37.4. The van der Waals surface area contributed by atoms with Gasteiger partial charge in [-0.1, -0.05) is 174 Å². The van der Waals surface area contributed by atoms with E-state index in [-0.39, 0.29) is 12.5 Å². The first-order valence-electron chi connectivity index (χ1n) is 21.4. The average Bonchev–Trinajstić information content (AvgIpc) is 3.13. The molecular weight excluding hydrogens is 646 g/mol. The molecule has 1 aliphatic rings. The highest BCUT2D eigenvalue weighted by Gasteiger charge is 2.44. The van der Waals surface area contributed by atoms with E-state index in [1.165, 1.54) is 135 Å². The molecule has 0 spiro atoms. The number of rotatable bonds is 35. The van der Waals surface area contributed by atoms with E-state index in [1.54, 1.807) is 0 Å². The minimum Gasteiger partial charge on any atom is -0.394 e. The molecule has 9 heteroatoms. The SMILES string of the molecule is CCCCCCCCCCCCC=CC[C@@H](O)[C@H](CO[C@@H]1O[C@H](CO)[C@@H](O)C(O)C1O)NC(=O)CCCCCCCCCCCCCCCCC. The molecule has 1 fully saturated rings. The van der Waals surface area contributed by atoms with Gasteiger partial charge in [0.2, 0.25) is 5.91 Å². The van der Waals surface area contributed by atoms with E-state index in [0.29, 0.717) is 12.8 Å². The molecule has 1 rings (SSSR count). The highest BCUT2D eigenvalue weighted by molar-refractivity contribution is 5.76. The monoisotopic (exact) mass is 728 g/mol. The highest BCUT2D eigenvalue weighted by atomic mass is 16.7. The van der Waals surface area contributed by atoms with Crippen molar-refractivity contribution in [2.45, 2.75) is 236 Å². The van der Waals surface area contributed by atoms with Crippen molar-refractivity contribution in [1.29, 1.82) is 0 Å². The third-order valence-electron chi connectivity index (χ3n) is 10.4. The molecule has 0 bridgehead atoms. The summed E-state index contributed by atoms with van der Waals surface area (Å²) in [6.45, 7) is 3.78. The van der Waals surface area contributed by atoms with E-state index < -0.39 is 49.5 Å². The first-order chi connectivity index (χ1) is 24.8. The molecule has 302 valence electrons. The van der Waals surface area contributed by atoms with Gasteiger partial charge < -0.3 is 40.3 Å². The van der Waals surface area contributed by atoms with Crippen molar-refractivity contribution in [3.8, 4) is 0 Å². The lowest BCUT2D eigenvalue weighted by Gasteiger charge is -2.40. The molecule has 6 N–H and O–H groups in total. The number of ether oxygens (including phenoxy) is 2. The Labute approximate surface area is 312 Å². The van der Waals surface area contributed by atoms with E-state index in [2.05, 4.69) is 25.2 Å². The maximum Gasteiger partial charge on any atom is 0.220 e. The Bertz CT molecular complexity index is 812. The average molecular weight is 728 g/mol. The van der Waals surface area contributed by atoms with Crippen molar-refractivity contribution >= 4 is 5.91 Å². The number of nitrogens with one attached hydrogen (secondary N) is 1. The summed E-state index contributed by atoms with van der Waals surface area (Å²) in [5.41, 5.74) is 0. The number of unbranched alkanes of at least 4 members (excludes halogenated alkanes) is 24. The van der Waals surface area contributed by atoms with Crippen molar-refractivity contribution in [3.05, 3.63) is 12.2 Å². The van der Waals surface area contributed by atoms with Crippen LogP contribution in [0.1, 0.15) is 194 Å². The number of allylic oxidation sites excluding steroid dienone is 1. The molecule has 1 amide bonds. The molecule has 0 aromatic carbocycles. The molecule has 0 aromatic heterocycles. The van der Waals surface area contributed by atoms with Crippen molar-refractivity contribution in [2.75, 3.05) is 13.2 Å². The lowest BCUT2D eigenvalue weighted by Crippen LogP contribution is -2.60. The lowest BCUT2D eigenvalue weighted by atomic mass is 9.99. The first-order valence-corrected chi connectivity index (χ1v) is 21.4. The number of carbonyl (C=O) groups is 1. The van der Waals surface area contributed by atoms with Crippen molar-refractivity contribution < 1.29 is 39.8 Å². The Morgan fingerprint density at radius 1 is 0.647 bits per heavy atom. The van der Waals surface area contributed by atoms with Crippen LogP contribution in [-0.4, -0.2) is 87.5 Å². The Morgan fingerprint density at radius 2 is 1.10 bits per heavy atom. The van der Waals surface area contributed by atoms with Crippen LogP contribution < -0.4 is 5.32 Å². The third-order valence-corrected chi connectivity index (χ3v) is 10.4. The van der Waals surface area contributed by atoms with Gasteiger partial charge in [-0.05, 0) is 25.7 Å². The molecule has 0 saturated carbocycles. The number of aliphatic hydroxyl groups is 5. The fraction of sp³-hybridized carbons (Fsp3) is 0.929. The van der Waals surface area contributed by atoms with Crippen LogP contribution in [0, 0.1) is 0 Å². The number of amides is 1. The standard InChI is InChI=1S/C42H81NO8/c1-3-5-7-9-11-13-15-17-18-20-22-24-26-28-30-32-38(46)43-35(34-50-42-41(49)40(48)39(47)37(33-44)51-42)36(45)31-29-27-25-23-21-19-16-14-12-10-8-6-4-2/h27,29,35-37,39-42,44-45,47-49H,3-26,28,30-34H2,1-2H3,(H,43,46)/t35-,36+,37+,39+,40?,41?,42+/m0/s1. The molecule has 0 radical (unpaired) electrons. The summed E-state index contributed by atoms with van der Waals surface area (Å²) in [4.78, 5) is 12.9. The van der Waals surface area contributed by atoms with Gasteiger partial charge in [0.15, 0.2) is 6.29 Å². The number of hydrogen-bond donors (Lipinski definition) is 6. The van der Waals surface area contributed by atoms with Crippen LogP contribution in [0.4, 0.5) is 0 Å². The predicted octanol–water partition coefficient (Wildman–Crippen LogP) is 8.17. The zero-order valence-corrected chi connectivity index (χ0v) is 32.9. The number of carbonyl (C=O) groups excluding carboxylic acids is 1. The van der Waals surface area contributed by atoms with Crippen LogP contribution in [0.3, 0.4) is 0 Å². The quantitative estimate of drug-likeness (QED) is 0.0283. The summed E-state index contributed by atoms with van der Waals surface area (Å²) in [5.74, 6) is -0.166. The largest absolute Gasteiger partial charge is 0.394 e. The van der Waals surface area contributed by atoms with Gasteiger partial charge in [-0.2, -0.15) is 0 Å². The van der Waals surface area contributed by atoms with E-state index >= 15 is 0 Å². The number of hydrogen-bond acceptors (Lipinski definition) is 8. The molecule has 7 atom stereocenters. The summed E-state index contributed by atoms with van der Waals surface area (Å²) < 4.78 is 11.2. The fourth-order valence-electron chi connectivity index (χ4n) is 6.86. The molecule has 1 heterocycles. The predicted molar refractivity (Wildman–Crippen MR) is 207 cm³/mol. The summed E-state index contributed by atoms with van der Waals surface area (Å²) in [6.07, 6.45) is 29.5. The molecule has 1 saturated heterocycles. The van der Waals surface area contributed by atoms with Gasteiger partial charge in [-0.15, -0.1) is 0 Å². The number of aliphatic hydroxyl groups excluding tert-OH is 5. The Balaban J connectivity index is 2.39. The van der Waals surface area contributed by atoms with Gasteiger partial charge in [0.05, 0.1) is 25.4 Å². The Morgan fingerprint density at radius 3 is 1.57 bits per heavy atom. The van der Waals surface area contributed by atoms with Gasteiger partial charge >= 0.3 is 0 Å². The normalized spacial score (nSPS) is 22.1. The summed E-state index contributed by atoms with van der Waals surface area (Å²) in [6, 6.07) is -0.761. The molecule has 1 aliphatic heterocycles. The van der Waals surface area contributed by atoms with Crippen LogP contribution in [0.2, 0.25) is 0 Å². The summed E-state index contributed by atoms with van der Waals surface area (Å²) in [5, 5.41) is 54.1. The smallest absolute Gasteiger partial charge is 0.220 e. The van der Waals surface area contributed by atoms with Crippen molar-refractivity contribution in [2.24, 2.45) is 0 Å². The van der Waals surface area contributed by atoms with Crippen molar-refractivity contribution in [1.82, 2.24) is 5.32 Å². The zero-order valence-electron chi connectivity index (χ0n) is 32.9. The molecule has 0 aliphatic carbocycles. The summed E-state index contributed by atoms with van der Waals surface area (Å²) in [7, 11) is 0. The van der Waals surface area contributed by atoms with Gasteiger partial charge in [0.1, 0.15) is 24.4 Å². The fourth-order valence-corrected chi connectivity index (χ4v) is 6.86. The van der Waals surface area contributed by atoms with Crippen molar-refractivity contribution in [3.63, 3.8) is 0 Å². The minimum atomic E-state index is -1.56. The topological polar surface area (TPSA) is 149 Å². The molecule has 2 unspecified atom stereocenters. The second-order valence-corrected chi connectivity index (χ2v) is 15.1. The van der Waals surface area contributed by atoms with Crippen LogP contribution >= 0.6 is 0 Å². The van der Waals surface area contributed by atoms with Crippen LogP contribution in [0.15, 0.2) is 12.2 Å². The van der Waals surface area contributed by atoms with Crippen LogP contribution in [0.5, 0.6) is 0 Å². The van der Waals surface area contributed by atoms with E-state index in [9.17, 15) is 30.3 Å². The molecule has 0 aromatic rings. The second kappa shape index (κ2) is 33.5. The first kappa shape index (κ1) is 48.0. The molecular formula is C42H81NO8. The Hall–Kier alpha value is -1.07. The lowest BCUT2D eigenvalue weighted by molar-refractivity contribution is -0.302. The van der Waals surface area contributed by atoms with Gasteiger partial charge in [0.25, 0.3) is 0 Å². The van der Waals surface area contributed by atoms with Gasteiger partial charge in [-0.25, -0.2) is 0 Å². The van der Waals surface area contributed by atoms with Gasteiger partial charge in [0, 0.05) is 6.42 Å². The van der Waals surface area contributed by atoms with Gasteiger partial charge in [-0.3, -0.25) is 4.79 Å². The van der Waals surface area contributed by atoms with Crippen LogP contribution in [-0.2, 0) is 14.3 Å². The molecule has 51 heavy (non-hydrogen) atoms. The second-order valence-electron chi connectivity index (χ2n) is 15.1. The summed E-state index contributed by atoms with van der Waals surface area (Å²) >= 11 is 0. The van der Waals surface area contributed by atoms with E-state index in [0.717, 1.165) is 32.1 Å².